The summed E-state index contributed by atoms with van der Waals surface area (Å²) in [4.78, 5) is 22.1. The number of hydrogen-bond acceptors (Lipinski definition) is 5. The quantitative estimate of drug-likeness (QED) is 0.647. The fourth-order valence-electron chi connectivity index (χ4n) is 2.76. The Morgan fingerprint density at radius 2 is 2.10 bits per heavy atom. The molecule has 7 nitrogen and oxygen atoms in total. The smallest absolute Gasteiger partial charge is 0.311 e. The Morgan fingerprint density at radius 1 is 1.33 bits per heavy atom. The number of carbonyl (C=O) groups excluding carboxylic acids is 1. The molecular formula is C14H17N3O4. The molecule has 7 heteroatoms. The van der Waals surface area contributed by atoms with Gasteiger partial charge >= 0.3 is 5.69 Å². The molecule has 2 N–H and O–H groups in total. The molecule has 1 aromatic carbocycles. The zero-order chi connectivity index (χ0) is 14.8. The van der Waals surface area contributed by atoms with Crippen molar-refractivity contribution in [2.24, 2.45) is 5.92 Å². The molecular weight excluding hydrogens is 274 g/mol. The Labute approximate surface area is 121 Å². The van der Waals surface area contributed by atoms with Crippen LogP contribution in [0.1, 0.15) is 18.4 Å². The average molecular weight is 291 g/mol. The van der Waals surface area contributed by atoms with E-state index in [0.29, 0.717) is 23.8 Å². The zero-order valence-electron chi connectivity index (χ0n) is 11.6. The second-order valence-corrected chi connectivity index (χ2v) is 5.46. The summed E-state index contributed by atoms with van der Waals surface area (Å²) in [5.74, 6) is 0.503. The minimum atomic E-state index is -0.458. The number of rotatable bonds is 4. The maximum absolute atomic E-state index is 11.4. The van der Waals surface area contributed by atoms with E-state index in [1.165, 1.54) is 6.07 Å². The van der Waals surface area contributed by atoms with E-state index < -0.39 is 4.92 Å². The van der Waals surface area contributed by atoms with Crippen LogP contribution in [0, 0.1) is 16.0 Å². The lowest BCUT2D eigenvalue weighted by Crippen LogP contribution is -2.30. The molecule has 0 spiro atoms. The Balaban J connectivity index is 1.78. The van der Waals surface area contributed by atoms with Crippen molar-refractivity contribution < 1.29 is 14.5 Å². The average Bonchev–Trinajstić information content (AvgIpc) is 2.84. The molecule has 0 saturated carbocycles. The Bertz CT molecular complexity index is 582. The number of anilines is 1. The molecule has 2 aliphatic heterocycles. The Hall–Kier alpha value is -2.15. The minimum absolute atomic E-state index is 0.0702. The van der Waals surface area contributed by atoms with Crippen molar-refractivity contribution in [3.8, 4) is 5.75 Å². The lowest BCUT2D eigenvalue weighted by atomic mass is 9.99. The first-order valence-corrected chi connectivity index (χ1v) is 7.08. The summed E-state index contributed by atoms with van der Waals surface area (Å²) in [6.07, 6.45) is 2.20. The SMILES string of the molecule is O=C1Cc2cc([N+](=O)[O-])c(OCC3CCNCC3)cc2N1. The fraction of sp³-hybridized carbons (Fsp3) is 0.500. The molecule has 0 unspecified atom stereocenters. The normalized spacial score (nSPS) is 18.2. The summed E-state index contributed by atoms with van der Waals surface area (Å²) < 4.78 is 5.68. The summed E-state index contributed by atoms with van der Waals surface area (Å²) in [5.41, 5.74) is 1.20. The van der Waals surface area contributed by atoms with Crippen molar-refractivity contribution >= 4 is 17.3 Å². The predicted molar refractivity (Wildman–Crippen MR) is 76.5 cm³/mol. The number of nitrogens with one attached hydrogen (secondary N) is 2. The van der Waals surface area contributed by atoms with Gasteiger partial charge in [0.15, 0.2) is 5.75 Å². The van der Waals surface area contributed by atoms with Gasteiger partial charge in [-0.05, 0) is 37.4 Å². The van der Waals surface area contributed by atoms with E-state index in [0.717, 1.165) is 25.9 Å². The number of nitrogens with zero attached hydrogens (tertiary/aromatic N) is 1. The van der Waals surface area contributed by atoms with Crippen LogP contribution in [0.3, 0.4) is 0 Å². The van der Waals surface area contributed by atoms with Crippen molar-refractivity contribution in [2.45, 2.75) is 19.3 Å². The van der Waals surface area contributed by atoms with Gasteiger partial charge in [0, 0.05) is 17.8 Å². The topological polar surface area (TPSA) is 93.5 Å². The largest absolute Gasteiger partial charge is 0.486 e. The highest BCUT2D eigenvalue weighted by Gasteiger charge is 2.26. The maximum Gasteiger partial charge on any atom is 0.311 e. The molecule has 112 valence electrons. The maximum atomic E-state index is 11.4. The molecule has 1 fully saturated rings. The minimum Gasteiger partial charge on any atom is -0.486 e. The van der Waals surface area contributed by atoms with E-state index in [1.54, 1.807) is 6.07 Å². The molecule has 0 radical (unpaired) electrons. The van der Waals surface area contributed by atoms with Gasteiger partial charge in [0.2, 0.25) is 5.91 Å². The number of hydrogen-bond donors (Lipinski definition) is 2. The van der Waals surface area contributed by atoms with Gasteiger partial charge in [-0.1, -0.05) is 0 Å². The van der Waals surface area contributed by atoms with Gasteiger partial charge in [-0.25, -0.2) is 0 Å². The van der Waals surface area contributed by atoms with Crippen LogP contribution >= 0.6 is 0 Å². The molecule has 0 bridgehead atoms. The number of ether oxygens (including phenoxy) is 1. The third-order valence-electron chi connectivity index (χ3n) is 3.94. The molecule has 1 saturated heterocycles. The summed E-state index contributed by atoms with van der Waals surface area (Å²) in [5, 5.41) is 17.1. The Kier molecular flexibility index (Phi) is 3.74. The molecule has 0 atom stereocenters. The van der Waals surface area contributed by atoms with Crippen LogP contribution in [0.2, 0.25) is 0 Å². The number of amides is 1. The summed E-state index contributed by atoms with van der Waals surface area (Å²) in [6, 6.07) is 3.00. The predicted octanol–water partition coefficient (Wildman–Crippen LogP) is 1.47. The molecule has 2 heterocycles. The molecule has 0 aromatic heterocycles. The van der Waals surface area contributed by atoms with Crippen LogP contribution in [0.25, 0.3) is 0 Å². The zero-order valence-corrected chi connectivity index (χ0v) is 11.6. The van der Waals surface area contributed by atoms with E-state index in [4.69, 9.17) is 4.74 Å². The highest BCUT2D eigenvalue weighted by molar-refractivity contribution is 5.99. The standard InChI is InChI=1S/C14H17N3O4/c18-14-6-10-5-12(17(19)20)13(7-11(10)16-14)21-8-9-1-3-15-4-2-9/h5,7,9,15H,1-4,6,8H2,(H,16,18). The highest BCUT2D eigenvalue weighted by Crippen LogP contribution is 2.36. The summed E-state index contributed by atoms with van der Waals surface area (Å²) in [7, 11) is 0. The van der Waals surface area contributed by atoms with Gasteiger partial charge < -0.3 is 15.4 Å². The lowest BCUT2D eigenvalue weighted by Gasteiger charge is -2.22. The number of fused-ring (bicyclic) bond motifs is 1. The van der Waals surface area contributed by atoms with Crippen molar-refractivity contribution in [2.75, 3.05) is 25.0 Å². The van der Waals surface area contributed by atoms with Crippen LogP contribution < -0.4 is 15.4 Å². The first kappa shape index (κ1) is 13.8. The van der Waals surface area contributed by atoms with Crippen LogP contribution in [0.5, 0.6) is 5.75 Å². The Morgan fingerprint density at radius 3 is 2.81 bits per heavy atom. The second-order valence-electron chi connectivity index (χ2n) is 5.46. The molecule has 2 aliphatic rings. The number of nitro benzene ring substituents is 1. The van der Waals surface area contributed by atoms with Gasteiger partial charge in [0.05, 0.1) is 18.0 Å². The van der Waals surface area contributed by atoms with E-state index in [9.17, 15) is 14.9 Å². The van der Waals surface area contributed by atoms with Gasteiger partial charge in [-0.15, -0.1) is 0 Å². The van der Waals surface area contributed by atoms with Crippen molar-refractivity contribution in [1.82, 2.24) is 5.32 Å². The summed E-state index contributed by atoms with van der Waals surface area (Å²) in [6.45, 7) is 2.38. The second kappa shape index (κ2) is 5.69. The van der Waals surface area contributed by atoms with E-state index in [-0.39, 0.29) is 23.8 Å². The fourth-order valence-corrected chi connectivity index (χ4v) is 2.76. The third-order valence-corrected chi connectivity index (χ3v) is 3.94. The summed E-state index contributed by atoms with van der Waals surface area (Å²) >= 11 is 0. The lowest BCUT2D eigenvalue weighted by molar-refractivity contribution is -0.385. The van der Waals surface area contributed by atoms with E-state index in [1.807, 2.05) is 0 Å². The first-order valence-electron chi connectivity index (χ1n) is 7.08. The highest BCUT2D eigenvalue weighted by atomic mass is 16.6. The van der Waals surface area contributed by atoms with Crippen LogP contribution in [0.15, 0.2) is 12.1 Å². The number of piperidine rings is 1. The van der Waals surface area contributed by atoms with Crippen LogP contribution in [0.4, 0.5) is 11.4 Å². The molecule has 0 aliphatic carbocycles. The van der Waals surface area contributed by atoms with Gasteiger partial charge in [-0.3, -0.25) is 14.9 Å². The van der Waals surface area contributed by atoms with Crippen molar-refractivity contribution in [3.63, 3.8) is 0 Å². The first-order chi connectivity index (χ1) is 10.1. The number of carbonyl (C=O) groups is 1. The number of nitro groups is 1. The van der Waals surface area contributed by atoms with Crippen molar-refractivity contribution in [3.05, 3.63) is 27.8 Å². The van der Waals surface area contributed by atoms with Crippen molar-refractivity contribution in [1.29, 1.82) is 0 Å². The van der Waals surface area contributed by atoms with Gasteiger partial charge in [0.1, 0.15) is 0 Å². The third kappa shape index (κ3) is 2.97. The molecule has 21 heavy (non-hydrogen) atoms. The molecule has 1 aromatic rings. The van der Waals surface area contributed by atoms with Gasteiger partial charge in [-0.2, -0.15) is 0 Å². The van der Waals surface area contributed by atoms with E-state index in [2.05, 4.69) is 10.6 Å². The number of benzene rings is 1. The molecule has 3 rings (SSSR count). The van der Waals surface area contributed by atoms with E-state index >= 15 is 0 Å². The van der Waals surface area contributed by atoms with Crippen LogP contribution in [-0.2, 0) is 11.2 Å². The van der Waals surface area contributed by atoms with Gasteiger partial charge in [0.25, 0.3) is 0 Å². The molecule has 1 amide bonds. The monoisotopic (exact) mass is 291 g/mol. The van der Waals surface area contributed by atoms with Crippen LogP contribution in [-0.4, -0.2) is 30.5 Å².